The molecule has 31 heteroatoms. The summed E-state index contributed by atoms with van der Waals surface area (Å²) in [6.07, 6.45) is 1.18. The van der Waals surface area contributed by atoms with E-state index >= 15 is 0 Å². The predicted molar refractivity (Wildman–Crippen MR) is 527 cm³/mol. The zero-order valence-electron chi connectivity index (χ0n) is 75.7. The molecule has 17 aromatic rings. The highest BCUT2D eigenvalue weighted by Gasteiger charge is 2.37. The van der Waals surface area contributed by atoms with Gasteiger partial charge in [-0.1, -0.05) is 240 Å². The topological polar surface area (TPSA) is 423 Å². The third-order valence-electron chi connectivity index (χ3n) is 22.6. The van der Waals surface area contributed by atoms with Gasteiger partial charge in [0.1, 0.15) is 75.1 Å². The minimum atomic E-state index is -0.620. The normalized spacial score (nSPS) is 11.9. The number of primary amides is 3. The monoisotopic (exact) mass is 1830 g/mol. The summed E-state index contributed by atoms with van der Waals surface area (Å²) in [6, 6.07) is 82.2. The van der Waals surface area contributed by atoms with Gasteiger partial charge in [0.15, 0.2) is 51.8 Å². The standard InChI is InChI=1S/C21H19N5O.C21H17N5.C21H16N4O2.C21H18N4OS.C20H16N4OS.CO2/c1-12-8-10-15(11-9-12)20-24-17(19(22)27)18-21(25-20)26(14(3)23-18)16-7-5-4-6-13(16)2;1-13-8-10-16(11-9-13)20-24-17(12-22)19-21(25-20)26(15(3)23-19)18-7-5-4-6-14(18)2;1-12-4-3-5-15(8-12)25-19(27)10-16-17(11-22)23-20(24-21(16)25)14-7-6-13(2)18(26)9-14;1-12-3-7-14(8-4-12)20-23-18(19(22)26)16-11-17(27)25(21(16)24-20)15-9-5-13(2)6-10-15;1-12-7-9-13(10-8-12)19-22-17(18(21)25)15-11-16(26)24(20(15)23-19)14-5-3-2-4-6-14;2-1-3/h4-11H,1-3H3,(H2,22,27);4-11H,1-3H3;3-9,26H,10H2,1-2H3;3-10H,11H2,1-2H3,(H2,22,26);2-10H,11H2,1H3,(H2,21,25);. The minimum absolute atomic E-state index is 0.0889. The Labute approximate surface area is 792 Å². The molecule has 29 nitrogen and oxygen atoms in total. The van der Waals surface area contributed by atoms with E-state index < -0.39 is 17.7 Å². The van der Waals surface area contributed by atoms with Crippen molar-refractivity contribution in [3.8, 4) is 86.2 Å². The van der Waals surface area contributed by atoms with E-state index in [0.717, 1.165) is 107 Å². The highest BCUT2D eigenvalue weighted by molar-refractivity contribution is 7.81. The van der Waals surface area contributed by atoms with Gasteiger partial charge in [0.25, 0.3) is 17.7 Å². The third kappa shape index (κ3) is 19.6. The van der Waals surface area contributed by atoms with Gasteiger partial charge in [0.05, 0.1) is 33.5 Å². The predicted octanol–water partition coefficient (Wildman–Crippen LogP) is 18.2. The average molecular weight is 1830 g/mol. The summed E-state index contributed by atoms with van der Waals surface area (Å²) >= 11 is 11.1. The number of nitriles is 2. The van der Waals surface area contributed by atoms with Crippen molar-refractivity contribution in [2.45, 2.75) is 95.4 Å². The van der Waals surface area contributed by atoms with Crippen LogP contribution in [0.15, 0.2) is 243 Å². The summed E-state index contributed by atoms with van der Waals surface area (Å²) in [5.74, 6) is 3.59. The Morgan fingerprint density at radius 3 is 1.13 bits per heavy atom. The molecule has 3 aliphatic heterocycles. The lowest BCUT2D eigenvalue weighted by Crippen LogP contribution is -2.21. The maximum Gasteiger partial charge on any atom is 0.373 e. The highest BCUT2D eigenvalue weighted by atomic mass is 32.1. The highest BCUT2D eigenvalue weighted by Crippen LogP contribution is 2.42. The number of phenolic OH excluding ortho intramolecular Hbond substituents is 1. The molecular weight excluding hydrogens is 1750 g/mol. The van der Waals surface area contributed by atoms with E-state index in [0.29, 0.717) is 125 Å². The Hall–Kier alpha value is -17.6. The second-order valence-electron chi connectivity index (χ2n) is 32.4. The van der Waals surface area contributed by atoms with Crippen molar-refractivity contribution < 1.29 is 33.9 Å². The fraction of sp³-hybridized carbons (Fsp3) is 0.133. The number of aryl methyl sites for hydroxylation is 11. The molecule has 0 fully saturated rings. The van der Waals surface area contributed by atoms with Crippen LogP contribution in [0.4, 0.5) is 34.5 Å². The number of nitrogens with two attached hydrogens (primary N) is 3. The first kappa shape index (κ1) is 93.1. The van der Waals surface area contributed by atoms with Crippen LogP contribution in [-0.4, -0.2) is 114 Å². The fourth-order valence-corrected chi connectivity index (χ4v) is 16.3. The molecule has 10 heterocycles. The Kier molecular flexibility index (Phi) is 27.4. The van der Waals surface area contributed by atoms with Gasteiger partial charge in [0.2, 0.25) is 5.91 Å². The van der Waals surface area contributed by atoms with Crippen LogP contribution in [-0.2, 0) is 33.6 Å². The summed E-state index contributed by atoms with van der Waals surface area (Å²) in [5.41, 5.74) is 40.0. The molecule has 0 spiro atoms. The number of carbonyl (C=O) groups excluding carboxylic acids is 6. The Morgan fingerprint density at radius 1 is 0.346 bits per heavy atom. The molecule has 670 valence electrons. The van der Waals surface area contributed by atoms with Gasteiger partial charge < -0.3 is 22.3 Å². The van der Waals surface area contributed by atoms with E-state index in [1.165, 1.54) is 4.90 Å². The smallest absolute Gasteiger partial charge is 0.373 e. The number of para-hydroxylation sites is 3. The van der Waals surface area contributed by atoms with E-state index in [2.05, 4.69) is 52.0 Å². The lowest BCUT2D eigenvalue weighted by molar-refractivity contribution is -0.191. The molecule has 7 N–H and O–H groups in total. The number of carbonyl (C=O) groups is 4. The van der Waals surface area contributed by atoms with Crippen LogP contribution in [0.2, 0.25) is 0 Å². The van der Waals surface area contributed by atoms with Gasteiger partial charge in [-0.3, -0.25) is 43.0 Å². The first-order valence-corrected chi connectivity index (χ1v) is 43.6. The number of hydrogen-bond donors (Lipinski definition) is 4. The number of amides is 4. The van der Waals surface area contributed by atoms with Gasteiger partial charge in [-0.05, 0) is 153 Å². The molecule has 0 saturated heterocycles. The number of benzene rings is 10. The lowest BCUT2D eigenvalue weighted by Gasteiger charge is -2.19. The number of anilines is 6. The number of imidazole rings is 2. The molecule has 4 amide bonds. The second kappa shape index (κ2) is 40.0. The number of rotatable bonds is 13. The third-order valence-corrected chi connectivity index (χ3v) is 23.2. The number of nitrogens with zero attached hydrogens (tertiary/aromatic N) is 19. The number of thiocarbonyl (C=S) groups is 2. The van der Waals surface area contributed by atoms with E-state index in [4.69, 9.17) is 71.2 Å². The first-order valence-electron chi connectivity index (χ1n) is 42.7. The summed E-state index contributed by atoms with van der Waals surface area (Å²) in [5, 5.41) is 29.1. The minimum Gasteiger partial charge on any atom is -0.508 e. The zero-order valence-corrected chi connectivity index (χ0v) is 77.3. The molecule has 10 aromatic carbocycles. The van der Waals surface area contributed by atoms with Crippen molar-refractivity contribution in [1.82, 2.24) is 68.9 Å². The van der Waals surface area contributed by atoms with Gasteiger partial charge in [-0.2, -0.15) is 20.1 Å². The molecule has 0 aliphatic carbocycles. The number of aromatic hydroxyl groups is 1. The van der Waals surface area contributed by atoms with Crippen molar-refractivity contribution in [3.63, 3.8) is 0 Å². The second-order valence-corrected chi connectivity index (χ2v) is 33.3. The van der Waals surface area contributed by atoms with Crippen LogP contribution in [0.5, 0.6) is 5.75 Å². The molecule has 7 aromatic heterocycles. The van der Waals surface area contributed by atoms with Crippen LogP contribution in [0.1, 0.15) is 121 Å². The Morgan fingerprint density at radius 2 is 0.706 bits per heavy atom. The largest absolute Gasteiger partial charge is 0.508 e. The summed E-state index contributed by atoms with van der Waals surface area (Å²) in [7, 11) is 0. The van der Waals surface area contributed by atoms with Crippen molar-refractivity contribution in [1.29, 1.82) is 10.5 Å². The molecule has 0 unspecified atom stereocenters. The van der Waals surface area contributed by atoms with Gasteiger partial charge in [-0.25, -0.2) is 59.8 Å². The van der Waals surface area contributed by atoms with Crippen molar-refractivity contribution in [2.75, 3.05) is 14.7 Å². The van der Waals surface area contributed by atoms with Gasteiger partial charge >= 0.3 is 6.15 Å². The van der Waals surface area contributed by atoms with Crippen molar-refractivity contribution in [3.05, 3.63) is 350 Å². The molecule has 20 rings (SSSR count). The molecule has 136 heavy (non-hydrogen) atoms. The van der Waals surface area contributed by atoms with Crippen LogP contribution >= 0.6 is 24.4 Å². The van der Waals surface area contributed by atoms with Crippen molar-refractivity contribution in [2.24, 2.45) is 17.2 Å². The molecule has 3 aliphatic rings. The summed E-state index contributed by atoms with van der Waals surface area (Å²) < 4.78 is 3.93. The SMILES string of the molecule is Cc1ccc(-c2nc(C#N)c3nc(C)n(-c4ccccc4C)c3n2)cc1.Cc1ccc(-c2nc(C(N)=O)c3c(n2)N(c2ccc(C)cc2)C(=S)C3)cc1.Cc1ccc(-c2nc(C(N)=O)c3c(n2)N(c2ccccc2)C(=S)C3)cc1.Cc1ccc(-c2nc(C(N)=O)c3nc(C)n(-c4ccccc4C)c3n2)cc1.Cc1cccc(N2C(=O)Cc3c(C#N)nc(-c4ccc(C)c(O)c4)nc32)c1.O=C=O. The van der Waals surface area contributed by atoms with Crippen LogP contribution in [0.25, 0.3) is 90.6 Å². The molecule has 0 atom stereocenters. The summed E-state index contributed by atoms with van der Waals surface area (Å²) in [4.78, 5) is 126. The van der Waals surface area contributed by atoms with Crippen LogP contribution in [0.3, 0.4) is 0 Å². The zero-order chi connectivity index (χ0) is 96.6. The maximum atomic E-state index is 12.7. The van der Waals surface area contributed by atoms with E-state index in [1.807, 2.05) is 313 Å². The van der Waals surface area contributed by atoms with E-state index in [-0.39, 0.29) is 47.0 Å². The van der Waals surface area contributed by atoms with Gasteiger partial charge in [-0.15, -0.1) is 0 Å². The molecule has 0 saturated carbocycles. The maximum absolute atomic E-state index is 12.7. The molecule has 0 bridgehead atoms. The Balaban J connectivity index is 0.000000128. The number of hydrogen-bond acceptors (Lipinski definition) is 23. The van der Waals surface area contributed by atoms with E-state index in [9.17, 15) is 34.8 Å². The number of aromatic nitrogens is 14. The molecular formula is C105H86N22O7S2. The van der Waals surface area contributed by atoms with Crippen LogP contribution < -0.4 is 31.9 Å². The summed E-state index contributed by atoms with van der Waals surface area (Å²) in [6.45, 7) is 21.7. The van der Waals surface area contributed by atoms with E-state index in [1.54, 1.807) is 25.1 Å². The molecule has 0 radical (unpaired) electrons. The van der Waals surface area contributed by atoms with Crippen molar-refractivity contribution >= 4 is 121 Å². The average Bonchev–Trinajstić information content (AvgIpc) is 1.62. The lowest BCUT2D eigenvalue weighted by atomic mass is 10.1. The first-order chi connectivity index (χ1) is 65.4. The fourth-order valence-electron chi connectivity index (χ4n) is 15.6. The number of fused-ring (bicyclic) bond motifs is 5. The Bertz CT molecular complexity index is 7760. The number of phenols is 1. The van der Waals surface area contributed by atoms with Gasteiger partial charge in [0, 0.05) is 68.7 Å². The van der Waals surface area contributed by atoms with Crippen LogP contribution in [0, 0.1) is 98.8 Å². The quantitative estimate of drug-likeness (QED) is 0.0779.